The molecule has 0 unspecified atom stereocenters. The third-order valence-corrected chi connectivity index (χ3v) is 5.72. The smallest absolute Gasteiger partial charge is 0.335 e. The molecule has 0 aliphatic carbocycles. The van der Waals surface area contributed by atoms with Crippen molar-refractivity contribution < 1.29 is 9.90 Å². The Morgan fingerprint density at radius 1 is 0.688 bits per heavy atom. The van der Waals surface area contributed by atoms with Crippen LogP contribution in [0.1, 0.15) is 16.7 Å². The van der Waals surface area contributed by atoms with Gasteiger partial charge in [-0.3, -0.25) is 0 Å². The zero-order chi connectivity index (χ0) is 22.1. The minimum Gasteiger partial charge on any atom is -0.478 e. The van der Waals surface area contributed by atoms with Crippen LogP contribution in [0.4, 0.5) is 0 Å². The first kappa shape index (κ1) is 19.6. The number of hydrogen-bond donors (Lipinski definition) is 1. The molecule has 32 heavy (non-hydrogen) atoms. The van der Waals surface area contributed by atoms with Crippen molar-refractivity contribution in [2.75, 3.05) is 0 Å². The summed E-state index contributed by atoms with van der Waals surface area (Å²) in [5.74, 6) is -1.00. The van der Waals surface area contributed by atoms with E-state index in [9.17, 15) is 4.79 Å². The number of nitrogens with zero attached hydrogens (tertiary/aromatic N) is 1. The molecule has 1 aromatic heterocycles. The first-order valence-electron chi connectivity index (χ1n) is 10.4. The van der Waals surface area contributed by atoms with Crippen molar-refractivity contribution in [2.45, 2.75) is 0 Å². The second-order valence-corrected chi connectivity index (χ2v) is 7.70. The molecule has 0 spiro atoms. The van der Waals surface area contributed by atoms with Crippen LogP contribution in [0, 0.1) is 0 Å². The Hall–Kier alpha value is -4.37. The van der Waals surface area contributed by atoms with Crippen LogP contribution in [0.3, 0.4) is 0 Å². The summed E-state index contributed by atoms with van der Waals surface area (Å²) in [6, 6.07) is 32.8. The van der Waals surface area contributed by atoms with Crippen molar-refractivity contribution in [3.63, 3.8) is 0 Å². The lowest BCUT2D eigenvalue weighted by Crippen LogP contribution is -1.97. The van der Waals surface area contributed by atoms with E-state index in [0.717, 1.165) is 16.8 Å². The van der Waals surface area contributed by atoms with Gasteiger partial charge in [-0.2, -0.15) is 0 Å². The zero-order valence-corrected chi connectivity index (χ0v) is 17.4. The van der Waals surface area contributed by atoms with E-state index < -0.39 is 5.97 Å². The number of hydrogen-bond acceptors (Lipinski definition) is 1. The predicted molar refractivity (Wildman–Crippen MR) is 133 cm³/mol. The summed E-state index contributed by atoms with van der Waals surface area (Å²) in [5, 5.41) is 11.6. The average Bonchev–Trinajstić information content (AvgIpc) is 3.17. The Balaban J connectivity index is 1.44. The largest absolute Gasteiger partial charge is 0.478 e. The van der Waals surface area contributed by atoms with Crippen LogP contribution >= 0.6 is 0 Å². The summed E-state index contributed by atoms with van der Waals surface area (Å²) in [5.41, 5.74) is 6.31. The fourth-order valence-corrected chi connectivity index (χ4v) is 4.05. The molecule has 0 amide bonds. The number of carboxylic acid groups (broad SMARTS) is 1. The van der Waals surface area contributed by atoms with Gasteiger partial charge in [-0.15, -0.1) is 0 Å². The molecule has 4 aromatic carbocycles. The fourth-order valence-electron chi connectivity index (χ4n) is 4.05. The van der Waals surface area contributed by atoms with E-state index in [1.807, 2.05) is 18.2 Å². The molecule has 0 atom stereocenters. The van der Waals surface area contributed by atoms with Gasteiger partial charge in [0.05, 0.1) is 16.6 Å². The lowest BCUT2D eigenvalue weighted by atomic mass is 10.0. The third kappa shape index (κ3) is 3.50. The summed E-state index contributed by atoms with van der Waals surface area (Å²) in [6.07, 6.45) is 4.07. The van der Waals surface area contributed by atoms with Gasteiger partial charge in [0.15, 0.2) is 0 Å². The molecule has 0 saturated carbocycles. The quantitative estimate of drug-likeness (QED) is 0.247. The number of aromatic nitrogens is 1. The number of rotatable bonds is 5. The maximum atomic E-state index is 11.0. The molecule has 1 N–H and O–H groups in total. The molecule has 0 fully saturated rings. The van der Waals surface area contributed by atoms with E-state index in [0.29, 0.717) is 5.56 Å². The van der Waals surface area contributed by atoms with Crippen LogP contribution in [0.25, 0.3) is 45.2 Å². The third-order valence-electron chi connectivity index (χ3n) is 5.72. The Kier molecular flexibility index (Phi) is 4.92. The highest BCUT2D eigenvalue weighted by molar-refractivity contribution is 6.14. The molecule has 0 aliphatic heterocycles. The predicted octanol–water partition coefficient (Wildman–Crippen LogP) is 7.05. The highest BCUT2D eigenvalue weighted by Crippen LogP contribution is 2.31. The van der Waals surface area contributed by atoms with Crippen LogP contribution in [-0.2, 0) is 4.79 Å². The van der Waals surface area contributed by atoms with Gasteiger partial charge in [0.1, 0.15) is 0 Å². The summed E-state index contributed by atoms with van der Waals surface area (Å²) < 4.78 is 2.30. The lowest BCUT2D eigenvalue weighted by Gasteiger charge is -2.08. The van der Waals surface area contributed by atoms with Gasteiger partial charge in [0.2, 0.25) is 0 Å². The highest BCUT2D eigenvalue weighted by Gasteiger charge is 2.11. The molecule has 0 radical (unpaired) electrons. The Morgan fingerprint density at radius 2 is 1.16 bits per heavy atom. The maximum absolute atomic E-state index is 11.0. The average molecular weight is 415 g/mol. The number of fused-ring (bicyclic) bond motifs is 3. The first-order valence-corrected chi connectivity index (χ1v) is 10.4. The number of carbonyl (C=O) groups is 1. The zero-order valence-electron chi connectivity index (χ0n) is 17.4. The monoisotopic (exact) mass is 415 g/mol. The number of para-hydroxylation sites is 2. The lowest BCUT2D eigenvalue weighted by molar-refractivity contribution is -0.130. The Morgan fingerprint density at radius 3 is 1.66 bits per heavy atom. The van der Waals surface area contributed by atoms with Gasteiger partial charge in [0, 0.05) is 16.5 Å². The molecule has 3 heteroatoms. The van der Waals surface area contributed by atoms with Gasteiger partial charge >= 0.3 is 5.97 Å². The van der Waals surface area contributed by atoms with Crippen LogP contribution in [0.5, 0.6) is 0 Å². The molecule has 0 bridgehead atoms. The molecular weight excluding hydrogens is 394 g/mol. The fraction of sp³-hybridized carbons (Fsp3) is 0. The summed E-state index contributed by atoms with van der Waals surface area (Å²) in [7, 11) is 0. The van der Waals surface area contributed by atoms with Gasteiger partial charge in [-0.25, -0.2) is 4.79 Å². The second kappa shape index (κ2) is 8.05. The highest BCUT2D eigenvalue weighted by atomic mass is 16.4. The van der Waals surface area contributed by atoms with E-state index in [2.05, 4.69) is 90.0 Å². The summed E-state index contributed by atoms with van der Waals surface area (Å²) in [4.78, 5) is 11.0. The maximum Gasteiger partial charge on any atom is 0.335 e. The standard InChI is InChI=1S/C29H21NO2/c1-20(29(31)32)23-16-12-21(13-17-23)10-11-22-14-18-24(19-15-22)30-27-8-4-2-6-25(27)26-7-3-5-9-28(26)30/h2-19H,1H2,(H,31,32). The van der Waals surface area contributed by atoms with Gasteiger partial charge in [-0.05, 0) is 41.0 Å². The van der Waals surface area contributed by atoms with Gasteiger partial charge < -0.3 is 9.67 Å². The van der Waals surface area contributed by atoms with Crippen LogP contribution in [0.15, 0.2) is 104 Å². The van der Waals surface area contributed by atoms with Gasteiger partial charge in [0.25, 0.3) is 0 Å². The van der Waals surface area contributed by atoms with Crippen molar-refractivity contribution in [3.05, 3.63) is 120 Å². The molecule has 5 aromatic rings. The number of carboxylic acids is 1. The van der Waals surface area contributed by atoms with E-state index in [1.165, 1.54) is 21.8 Å². The van der Waals surface area contributed by atoms with Crippen molar-refractivity contribution >= 4 is 45.5 Å². The van der Waals surface area contributed by atoms with Crippen molar-refractivity contribution in [2.24, 2.45) is 0 Å². The number of benzene rings is 4. The van der Waals surface area contributed by atoms with Crippen molar-refractivity contribution in [1.29, 1.82) is 0 Å². The Labute approximate surface area is 186 Å². The molecule has 0 aliphatic rings. The van der Waals surface area contributed by atoms with Gasteiger partial charge in [-0.1, -0.05) is 91.5 Å². The van der Waals surface area contributed by atoms with Crippen molar-refractivity contribution in [1.82, 2.24) is 4.57 Å². The SMILES string of the molecule is C=C(C(=O)O)c1ccc(C=Cc2ccc(-n3c4ccccc4c4ccccc43)cc2)cc1. The van der Waals surface area contributed by atoms with E-state index in [1.54, 1.807) is 12.1 Å². The van der Waals surface area contributed by atoms with E-state index >= 15 is 0 Å². The first-order chi connectivity index (χ1) is 15.6. The second-order valence-electron chi connectivity index (χ2n) is 7.70. The van der Waals surface area contributed by atoms with Crippen molar-refractivity contribution in [3.8, 4) is 5.69 Å². The van der Waals surface area contributed by atoms with Crippen LogP contribution in [0.2, 0.25) is 0 Å². The topological polar surface area (TPSA) is 42.2 Å². The molecular formula is C29H21NO2. The Bertz CT molecular complexity index is 1430. The van der Waals surface area contributed by atoms with E-state index in [-0.39, 0.29) is 5.57 Å². The molecule has 5 rings (SSSR count). The molecule has 0 saturated heterocycles. The summed E-state index contributed by atoms with van der Waals surface area (Å²) in [6.45, 7) is 3.60. The minimum atomic E-state index is -1.00. The van der Waals surface area contributed by atoms with E-state index in [4.69, 9.17) is 5.11 Å². The van der Waals surface area contributed by atoms with Crippen LogP contribution in [-0.4, -0.2) is 15.6 Å². The number of aliphatic carboxylic acids is 1. The molecule has 3 nitrogen and oxygen atoms in total. The normalized spacial score (nSPS) is 11.4. The van der Waals surface area contributed by atoms with Crippen LogP contribution < -0.4 is 0 Å². The summed E-state index contributed by atoms with van der Waals surface area (Å²) >= 11 is 0. The minimum absolute atomic E-state index is 0.0983. The molecule has 154 valence electrons. The molecule has 1 heterocycles.